The molecule has 5 rings (SSSR count). The van der Waals surface area contributed by atoms with E-state index in [9.17, 15) is 9.90 Å². The molecule has 2 aromatic carbocycles. The number of benzene rings is 2. The molecular weight excluding hydrogens is 414 g/mol. The monoisotopic (exact) mass is 441 g/mol. The Balaban J connectivity index is 1.13. The first kappa shape index (κ1) is 21.1. The maximum atomic E-state index is 12.7. The second-order valence-corrected chi connectivity index (χ2v) is 8.63. The van der Waals surface area contributed by atoms with Crippen LogP contribution >= 0.6 is 0 Å². The van der Waals surface area contributed by atoms with Crippen molar-refractivity contribution in [2.45, 2.75) is 31.2 Å². The Morgan fingerprint density at radius 2 is 1.88 bits per heavy atom. The van der Waals surface area contributed by atoms with Crippen LogP contribution in [0.3, 0.4) is 0 Å². The normalized spacial score (nSPS) is 19.6. The predicted octanol–water partition coefficient (Wildman–Crippen LogP) is 5.32. The molecular formula is C27H27N3O3. The highest BCUT2D eigenvalue weighted by molar-refractivity contribution is 5.75. The van der Waals surface area contributed by atoms with E-state index in [-0.39, 0.29) is 17.8 Å². The zero-order valence-electron chi connectivity index (χ0n) is 18.4. The van der Waals surface area contributed by atoms with E-state index in [0.29, 0.717) is 17.5 Å². The number of aromatic nitrogens is 1. The largest absolute Gasteiger partial charge is 0.508 e. The Kier molecular flexibility index (Phi) is 5.98. The minimum atomic E-state index is 0.0477. The summed E-state index contributed by atoms with van der Waals surface area (Å²) in [4.78, 5) is 18.7. The van der Waals surface area contributed by atoms with Crippen LogP contribution in [-0.4, -0.2) is 40.2 Å². The van der Waals surface area contributed by atoms with Crippen LogP contribution in [0.1, 0.15) is 36.3 Å². The number of nitrogens with one attached hydrogen (secondary N) is 1. The maximum Gasteiger partial charge on any atom is 0.317 e. The fourth-order valence-corrected chi connectivity index (χ4v) is 4.29. The molecule has 6 heteroatoms. The fraction of sp³-hybridized carbons (Fsp3) is 0.259. The summed E-state index contributed by atoms with van der Waals surface area (Å²) in [6, 6.07) is 21.5. The molecule has 0 radical (unpaired) electrons. The number of carbonyl (C=O) groups excluding carboxylic acids is 1. The molecule has 2 heterocycles. The van der Waals surface area contributed by atoms with Crippen molar-refractivity contribution in [3.05, 3.63) is 89.6 Å². The number of urea groups is 1. The summed E-state index contributed by atoms with van der Waals surface area (Å²) in [6.45, 7) is 1.45. The van der Waals surface area contributed by atoms with E-state index >= 15 is 0 Å². The van der Waals surface area contributed by atoms with Crippen LogP contribution in [0.25, 0.3) is 6.08 Å². The molecule has 2 N–H and O–H groups in total. The lowest BCUT2D eigenvalue weighted by Crippen LogP contribution is -2.44. The molecule has 0 spiro atoms. The molecule has 1 saturated carbocycles. The predicted molar refractivity (Wildman–Crippen MR) is 127 cm³/mol. The highest BCUT2D eigenvalue weighted by Crippen LogP contribution is 2.40. The molecule has 168 valence electrons. The third-order valence-electron chi connectivity index (χ3n) is 6.19. The summed E-state index contributed by atoms with van der Waals surface area (Å²) < 4.78 is 5.76. The van der Waals surface area contributed by atoms with Gasteiger partial charge in [-0.15, -0.1) is 0 Å². The number of aromatic hydroxyl groups is 1. The quantitative estimate of drug-likeness (QED) is 0.562. The molecule has 1 aliphatic carbocycles. The summed E-state index contributed by atoms with van der Waals surface area (Å²) in [5, 5.41) is 12.8. The van der Waals surface area contributed by atoms with E-state index in [0.717, 1.165) is 37.9 Å². The number of pyridine rings is 1. The highest BCUT2D eigenvalue weighted by Gasteiger charge is 2.40. The molecule has 1 aromatic heterocycles. The van der Waals surface area contributed by atoms with E-state index in [2.05, 4.69) is 40.6 Å². The number of likely N-dealkylation sites (tertiary alicyclic amines) is 1. The minimum absolute atomic E-state index is 0.0477. The average molecular weight is 442 g/mol. The molecule has 2 fully saturated rings. The van der Waals surface area contributed by atoms with Gasteiger partial charge >= 0.3 is 6.03 Å². The van der Waals surface area contributed by atoms with Gasteiger partial charge < -0.3 is 20.1 Å². The van der Waals surface area contributed by atoms with Crippen LogP contribution in [0.5, 0.6) is 17.4 Å². The second-order valence-electron chi connectivity index (χ2n) is 8.63. The van der Waals surface area contributed by atoms with Crippen LogP contribution in [0, 0.1) is 0 Å². The number of hydrogen-bond acceptors (Lipinski definition) is 4. The van der Waals surface area contributed by atoms with Gasteiger partial charge in [0, 0.05) is 37.3 Å². The Bertz CT molecular complexity index is 1150. The molecule has 2 atom stereocenters. The van der Waals surface area contributed by atoms with Gasteiger partial charge in [-0.1, -0.05) is 54.1 Å². The number of hydrogen-bond donors (Lipinski definition) is 2. The number of nitrogens with zero attached hydrogens (tertiary/aromatic N) is 2. The fourth-order valence-electron chi connectivity index (χ4n) is 4.29. The lowest BCUT2D eigenvalue weighted by Gasteiger charge is -2.28. The van der Waals surface area contributed by atoms with Gasteiger partial charge in [-0.2, -0.15) is 0 Å². The van der Waals surface area contributed by atoms with Crippen molar-refractivity contribution in [1.29, 1.82) is 0 Å². The molecule has 0 unspecified atom stereocenters. The molecule has 2 aliphatic rings. The molecule has 1 aliphatic heterocycles. The zero-order valence-corrected chi connectivity index (χ0v) is 18.4. The van der Waals surface area contributed by atoms with Crippen LogP contribution in [0.4, 0.5) is 4.79 Å². The SMILES string of the molecule is O=C(N[C@@H]1C[C@H]1c1ccccc1)N1CCC(=Cc2cccc(Oc3cc(O)ccn3)c2)CC1. The number of rotatable bonds is 5. The summed E-state index contributed by atoms with van der Waals surface area (Å²) in [7, 11) is 0. The minimum Gasteiger partial charge on any atom is -0.508 e. The molecule has 3 aromatic rings. The number of carbonyl (C=O) groups is 1. The van der Waals surface area contributed by atoms with Crippen LogP contribution in [-0.2, 0) is 0 Å². The standard InChI is InChI=1S/C27H27N3O3/c31-22-9-12-28-26(17-22)33-23-8-4-5-20(16-23)15-19-10-13-30(14-11-19)27(32)29-25-18-24(25)21-6-2-1-3-7-21/h1-9,12,15-17,24-25H,10-11,13-14,18H2,(H,28,31)(H,29,32)/t24-,25+/m0/s1. The first-order valence-electron chi connectivity index (χ1n) is 11.4. The van der Waals surface area contributed by atoms with E-state index in [1.165, 1.54) is 29.5 Å². The molecule has 6 nitrogen and oxygen atoms in total. The third kappa shape index (κ3) is 5.34. The Hall–Kier alpha value is -3.80. The highest BCUT2D eigenvalue weighted by atomic mass is 16.5. The zero-order chi connectivity index (χ0) is 22.6. The Morgan fingerprint density at radius 3 is 2.67 bits per heavy atom. The molecule has 0 bridgehead atoms. The van der Waals surface area contributed by atoms with Gasteiger partial charge in [-0.25, -0.2) is 9.78 Å². The lowest BCUT2D eigenvalue weighted by molar-refractivity contribution is 0.193. The van der Waals surface area contributed by atoms with E-state index in [1.807, 2.05) is 35.2 Å². The lowest BCUT2D eigenvalue weighted by atomic mass is 10.0. The van der Waals surface area contributed by atoms with Crippen LogP contribution in [0.2, 0.25) is 0 Å². The van der Waals surface area contributed by atoms with Gasteiger partial charge in [0.05, 0.1) is 0 Å². The summed E-state index contributed by atoms with van der Waals surface area (Å²) in [5.74, 6) is 1.58. The number of piperidine rings is 1. The molecule has 2 amide bonds. The van der Waals surface area contributed by atoms with Crippen molar-refractivity contribution in [3.63, 3.8) is 0 Å². The van der Waals surface area contributed by atoms with Crippen molar-refractivity contribution in [1.82, 2.24) is 15.2 Å². The van der Waals surface area contributed by atoms with E-state index < -0.39 is 0 Å². The van der Waals surface area contributed by atoms with Gasteiger partial charge in [0.2, 0.25) is 5.88 Å². The van der Waals surface area contributed by atoms with Crippen molar-refractivity contribution in [3.8, 4) is 17.4 Å². The first-order valence-corrected chi connectivity index (χ1v) is 11.4. The van der Waals surface area contributed by atoms with Gasteiger partial charge in [-0.05, 0) is 48.6 Å². The molecule has 1 saturated heterocycles. The maximum absolute atomic E-state index is 12.7. The van der Waals surface area contributed by atoms with Crippen LogP contribution < -0.4 is 10.1 Å². The summed E-state index contributed by atoms with van der Waals surface area (Å²) >= 11 is 0. The van der Waals surface area contributed by atoms with Gasteiger partial charge in [-0.3, -0.25) is 0 Å². The van der Waals surface area contributed by atoms with Gasteiger partial charge in [0.1, 0.15) is 11.5 Å². The summed E-state index contributed by atoms with van der Waals surface area (Å²) in [6.07, 6.45) is 6.42. The second kappa shape index (κ2) is 9.36. The van der Waals surface area contributed by atoms with Crippen molar-refractivity contribution in [2.24, 2.45) is 0 Å². The van der Waals surface area contributed by atoms with Gasteiger partial charge in [0.15, 0.2) is 0 Å². The Labute approximate surface area is 193 Å². The Morgan fingerprint density at radius 1 is 1.06 bits per heavy atom. The number of ether oxygens (including phenoxy) is 1. The van der Waals surface area contributed by atoms with Crippen molar-refractivity contribution in [2.75, 3.05) is 13.1 Å². The average Bonchev–Trinajstić information content (AvgIpc) is 3.59. The topological polar surface area (TPSA) is 74.7 Å². The van der Waals surface area contributed by atoms with Crippen molar-refractivity contribution < 1.29 is 14.6 Å². The first-order chi connectivity index (χ1) is 16.1. The van der Waals surface area contributed by atoms with Crippen molar-refractivity contribution >= 4 is 12.1 Å². The van der Waals surface area contributed by atoms with E-state index in [1.54, 1.807) is 0 Å². The summed E-state index contributed by atoms with van der Waals surface area (Å²) in [5.41, 5.74) is 3.67. The number of amides is 2. The van der Waals surface area contributed by atoms with Crippen LogP contribution in [0.15, 0.2) is 78.5 Å². The molecule has 33 heavy (non-hydrogen) atoms. The third-order valence-corrected chi connectivity index (χ3v) is 6.19. The van der Waals surface area contributed by atoms with Gasteiger partial charge in [0.25, 0.3) is 0 Å². The smallest absolute Gasteiger partial charge is 0.317 e. The van der Waals surface area contributed by atoms with E-state index in [4.69, 9.17) is 4.74 Å².